The molecule has 1 nitrogen and oxygen atoms in total. The summed E-state index contributed by atoms with van der Waals surface area (Å²) in [7, 11) is 0. The van der Waals surface area contributed by atoms with Crippen molar-refractivity contribution >= 4 is 0 Å². The molecule has 1 aliphatic rings. The number of aliphatic hydroxyl groups excluding tert-OH is 1. The maximum Gasteiger partial charge on any atom is 0.0436 e. The van der Waals surface area contributed by atoms with Crippen LogP contribution in [0.2, 0.25) is 0 Å². The maximum absolute atomic E-state index is 8.93. The van der Waals surface area contributed by atoms with Crippen LogP contribution in [-0.2, 0) is 0 Å². The van der Waals surface area contributed by atoms with Gasteiger partial charge in [-0.1, -0.05) is 26.0 Å². The molecule has 0 aliphatic heterocycles. The molecule has 0 radical (unpaired) electrons. The van der Waals surface area contributed by atoms with Gasteiger partial charge < -0.3 is 5.11 Å². The lowest BCUT2D eigenvalue weighted by molar-refractivity contribution is 0.149. The van der Waals surface area contributed by atoms with Crippen LogP contribution in [0.25, 0.3) is 0 Å². The fourth-order valence-electron chi connectivity index (χ4n) is 2.40. The molecule has 0 unspecified atom stereocenters. The highest BCUT2D eigenvalue weighted by atomic mass is 16.3. The molecule has 0 amide bonds. The van der Waals surface area contributed by atoms with Gasteiger partial charge in [0, 0.05) is 6.61 Å². The van der Waals surface area contributed by atoms with Crippen molar-refractivity contribution in [3.05, 3.63) is 12.2 Å². The fourth-order valence-corrected chi connectivity index (χ4v) is 2.40. The second-order valence-electron chi connectivity index (χ2n) is 4.57. The van der Waals surface area contributed by atoms with Crippen molar-refractivity contribution in [2.24, 2.45) is 11.3 Å². The monoisotopic (exact) mass is 168 g/mol. The molecule has 0 spiro atoms. The maximum atomic E-state index is 8.93. The molecule has 1 N–H and O–H groups in total. The van der Waals surface area contributed by atoms with Crippen LogP contribution in [-0.4, -0.2) is 11.7 Å². The van der Waals surface area contributed by atoms with Gasteiger partial charge >= 0.3 is 0 Å². The average molecular weight is 168 g/mol. The van der Waals surface area contributed by atoms with Crippen LogP contribution in [0.5, 0.6) is 0 Å². The highest BCUT2D eigenvalue weighted by molar-refractivity contribution is 5.09. The summed E-state index contributed by atoms with van der Waals surface area (Å²) in [4.78, 5) is 0. The van der Waals surface area contributed by atoms with Crippen LogP contribution < -0.4 is 0 Å². The van der Waals surface area contributed by atoms with Crippen molar-refractivity contribution in [3.8, 4) is 0 Å². The van der Waals surface area contributed by atoms with Gasteiger partial charge in [-0.05, 0) is 37.0 Å². The second-order valence-corrected chi connectivity index (χ2v) is 4.57. The van der Waals surface area contributed by atoms with E-state index in [0.29, 0.717) is 17.9 Å². The molecule has 1 aliphatic carbocycles. The lowest BCUT2D eigenvalue weighted by Crippen LogP contribution is -2.30. The Hall–Kier alpha value is -0.300. The Morgan fingerprint density at radius 3 is 2.75 bits per heavy atom. The minimum absolute atomic E-state index is 0.299. The third-order valence-electron chi connectivity index (χ3n) is 3.17. The average Bonchev–Trinajstić information content (AvgIpc) is 1.97. The topological polar surface area (TPSA) is 20.2 Å². The zero-order chi connectivity index (χ0) is 9.19. The van der Waals surface area contributed by atoms with Crippen molar-refractivity contribution in [2.45, 2.75) is 39.5 Å². The standard InChI is InChI=1S/C11H20O/c1-9-5-4-7-11(2,3)10(9)6-8-12/h10,12H,1,4-8H2,2-3H3/t10-/m0/s1. The molecule has 12 heavy (non-hydrogen) atoms. The molecule has 0 heterocycles. The van der Waals surface area contributed by atoms with Gasteiger partial charge in [0.1, 0.15) is 0 Å². The van der Waals surface area contributed by atoms with E-state index in [1.165, 1.54) is 18.4 Å². The van der Waals surface area contributed by atoms with Gasteiger partial charge in [-0.3, -0.25) is 0 Å². The van der Waals surface area contributed by atoms with Gasteiger partial charge in [0.15, 0.2) is 0 Å². The van der Waals surface area contributed by atoms with Gasteiger partial charge in [-0.15, -0.1) is 0 Å². The number of hydrogen-bond acceptors (Lipinski definition) is 1. The van der Waals surface area contributed by atoms with Crippen molar-refractivity contribution in [3.63, 3.8) is 0 Å². The Bertz CT molecular complexity index is 170. The Morgan fingerprint density at radius 1 is 1.58 bits per heavy atom. The molecular weight excluding hydrogens is 148 g/mol. The van der Waals surface area contributed by atoms with Gasteiger partial charge in [-0.25, -0.2) is 0 Å². The molecule has 1 heteroatoms. The highest BCUT2D eigenvalue weighted by Gasteiger charge is 2.33. The van der Waals surface area contributed by atoms with E-state index >= 15 is 0 Å². The first-order chi connectivity index (χ1) is 5.58. The SMILES string of the molecule is C=C1CCCC(C)(C)[C@H]1CCO. The number of rotatable bonds is 2. The predicted octanol–water partition coefficient (Wildman–Crippen LogP) is 2.75. The first-order valence-corrected chi connectivity index (χ1v) is 4.86. The molecule has 1 rings (SSSR count). The minimum Gasteiger partial charge on any atom is -0.396 e. The second kappa shape index (κ2) is 3.61. The van der Waals surface area contributed by atoms with Crippen LogP contribution in [0.15, 0.2) is 12.2 Å². The summed E-state index contributed by atoms with van der Waals surface area (Å²) in [5.74, 6) is 0.538. The van der Waals surface area contributed by atoms with Crippen LogP contribution in [0.3, 0.4) is 0 Å². The summed E-state index contributed by atoms with van der Waals surface area (Å²) in [6, 6.07) is 0. The van der Waals surface area contributed by atoms with Crippen molar-refractivity contribution in [1.82, 2.24) is 0 Å². The summed E-state index contributed by atoms with van der Waals surface area (Å²) in [6.45, 7) is 8.98. The third-order valence-corrected chi connectivity index (χ3v) is 3.17. The van der Waals surface area contributed by atoms with E-state index in [4.69, 9.17) is 5.11 Å². The largest absolute Gasteiger partial charge is 0.396 e. The van der Waals surface area contributed by atoms with Crippen molar-refractivity contribution in [2.75, 3.05) is 6.61 Å². The Balaban J connectivity index is 2.67. The van der Waals surface area contributed by atoms with Gasteiger partial charge in [0.25, 0.3) is 0 Å². The molecule has 1 atom stereocenters. The molecule has 0 aromatic carbocycles. The summed E-state index contributed by atoms with van der Waals surface area (Å²) < 4.78 is 0. The lowest BCUT2D eigenvalue weighted by Gasteiger charge is -2.40. The van der Waals surface area contributed by atoms with E-state index in [-0.39, 0.29) is 0 Å². The van der Waals surface area contributed by atoms with Crippen LogP contribution in [0.4, 0.5) is 0 Å². The molecular formula is C11H20O. The van der Waals surface area contributed by atoms with E-state index < -0.39 is 0 Å². The van der Waals surface area contributed by atoms with Crippen molar-refractivity contribution in [1.29, 1.82) is 0 Å². The Morgan fingerprint density at radius 2 is 2.25 bits per heavy atom. The molecule has 0 bridgehead atoms. The van der Waals surface area contributed by atoms with Crippen LogP contribution in [0, 0.1) is 11.3 Å². The quantitative estimate of drug-likeness (QED) is 0.629. The fraction of sp³-hybridized carbons (Fsp3) is 0.818. The summed E-state index contributed by atoms with van der Waals surface area (Å²) in [5.41, 5.74) is 1.71. The lowest BCUT2D eigenvalue weighted by atomic mass is 9.66. The summed E-state index contributed by atoms with van der Waals surface area (Å²) in [5, 5.41) is 8.93. The normalized spacial score (nSPS) is 28.9. The first kappa shape index (κ1) is 9.79. The van der Waals surface area contributed by atoms with Crippen molar-refractivity contribution < 1.29 is 5.11 Å². The molecule has 1 fully saturated rings. The Kier molecular flexibility index (Phi) is 2.94. The van der Waals surface area contributed by atoms with E-state index in [9.17, 15) is 0 Å². The Labute approximate surface area is 75.5 Å². The van der Waals surface area contributed by atoms with Gasteiger partial charge in [-0.2, -0.15) is 0 Å². The van der Waals surface area contributed by atoms with E-state index in [0.717, 1.165) is 12.8 Å². The van der Waals surface area contributed by atoms with E-state index in [1.807, 2.05) is 0 Å². The third kappa shape index (κ3) is 1.89. The zero-order valence-corrected chi connectivity index (χ0v) is 8.27. The summed E-state index contributed by atoms with van der Waals surface area (Å²) in [6.07, 6.45) is 4.60. The number of hydrogen-bond donors (Lipinski definition) is 1. The number of allylic oxidation sites excluding steroid dienone is 1. The van der Waals surface area contributed by atoms with Crippen LogP contribution >= 0.6 is 0 Å². The smallest absolute Gasteiger partial charge is 0.0436 e. The molecule has 70 valence electrons. The number of aliphatic hydroxyl groups is 1. The molecule has 0 aromatic rings. The predicted molar refractivity (Wildman–Crippen MR) is 52.0 cm³/mol. The van der Waals surface area contributed by atoms with Crippen LogP contribution in [0.1, 0.15) is 39.5 Å². The molecule has 0 aromatic heterocycles. The highest BCUT2D eigenvalue weighted by Crippen LogP contribution is 2.44. The zero-order valence-electron chi connectivity index (χ0n) is 8.27. The van der Waals surface area contributed by atoms with E-state index in [2.05, 4.69) is 20.4 Å². The molecule has 0 saturated heterocycles. The van der Waals surface area contributed by atoms with E-state index in [1.54, 1.807) is 0 Å². The van der Waals surface area contributed by atoms with Gasteiger partial charge in [0.2, 0.25) is 0 Å². The first-order valence-electron chi connectivity index (χ1n) is 4.86. The summed E-state index contributed by atoms with van der Waals surface area (Å²) >= 11 is 0. The van der Waals surface area contributed by atoms with Gasteiger partial charge in [0.05, 0.1) is 0 Å². The minimum atomic E-state index is 0.299. The molecule has 1 saturated carbocycles.